The van der Waals surface area contributed by atoms with Gasteiger partial charge in [0, 0.05) is 19.2 Å². The fraction of sp³-hybridized carbons (Fsp3) is 0.353. The Kier molecular flexibility index (Phi) is 5.63. The van der Waals surface area contributed by atoms with Crippen molar-refractivity contribution in [2.75, 3.05) is 29.1 Å². The normalized spacial score (nSPS) is 14.5. The summed E-state index contributed by atoms with van der Waals surface area (Å²) < 4.78 is 13.5. The Morgan fingerprint density at radius 1 is 1.21 bits per heavy atom. The van der Waals surface area contributed by atoms with Crippen LogP contribution < -0.4 is 10.2 Å². The third-order valence-electron chi connectivity index (χ3n) is 3.81. The molecule has 0 unspecified atom stereocenters. The van der Waals surface area contributed by atoms with E-state index in [0.717, 1.165) is 23.9 Å². The van der Waals surface area contributed by atoms with E-state index in [2.05, 4.69) is 20.2 Å². The van der Waals surface area contributed by atoms with Crippen LogP contribution in [0.1, 0.15) is 19.3 Å². The van der Waals surface area contributed by atoms with E-state index >= 15 is 0 Å². The molecule has 2 heterocycles. The Bertz CT molecular complexity index is 706. The highest BCUT2D eigenvalue weighted by molar-refractivity contribution is 7.99. The van der Waals surface area contributed by atoms with Crippen LogP contribution in [0.5, 0.6) is 0 Å². The zero-order valence-electron chi connectivity index (χ0n) is 13.2. The summed E-state index contributed by atoms with van der Waals surface area (Å²) in [7, 11) is 0. The highest BCUT2D eigenvalue weighted by atomic mass is 32.2. The van der Waals surface area contributed by atoms with E-state index < -0.39 is 5.82 Å². The summed E-state index contributed by atoms with van der Waals surface area (Å²) in [4.78, 5) is 22.7. The first-order valence-electron chi connectivity index (χ1n) is 7.96. The van der Waals surface area contributed by atoms with Gasteiger partial charge in [0.25, 0.3) is 0 Å². The number of para-hydroxylation sites is 1. The number of aromatic nitrogens is 2. The third-order valence-corrected chi connectivity index (χ3v) is 4.73. The highest BCUT2D eigenvalue weighted by Crippen LogP contribution is 2.22. The van der Waals surface area contributed by atoms with E-state index in [-0.39, 0.29) is 17.3 Å². The maximum absolute atomic E-state index is 13.5. The zero-order chi connectivity index (χ0) is 16.8. The molecule has 1 aliphatic rings. The SMILES string of the molecule is O=C(CSc1cc(N2CCCCC2)ncn1)Nc1ccccc1F. The molecule has 2 aromatic rings. The standard InChI is InChI=1S/C17H19FN4OS/c18-13-6-2-3-7-14(13)21-16(23)11-24-17-10-15(19-12-20-17)22-8-4-1-5-9-22/h2-3,6-7,10,12H,1,4-5,8-9,11H2,(H,21,23). The van der Waals surface area contributed by atoms with Crippen molar-refractivity contribution < 1.29 is 9.18 Å². The van der Waals surface area contributed by atoms with Crippen molar-refractivity contribution >= 4 is 29.2 Å². The zero-order valence-corrected chi connectivity index (χ0v) is 14.1. The predicted octanol–water partition coefficient (Wildman–Crippen LogP) is 3.34. The topological polar surface area (TPSA) is 58.1 Å². The van der Waals surface area contributed by atoms with Gasteiger partial charge in [-0.25, -0.2) is 14.4 Å². The first kappa shape index (κ1) is 16.7. The van der Waals surface area contributed by atoms with Gasteiger partial charge in [0.2, 0.25) is 5.91 Å². The summed E-state index contributed by atoms with van der Waals surface area (Å²) in [6, 6.07) is 8.03. The number of halogens is 1. The van der Waals surface area contributed by atoms with Gasteiger partial charge in [0.15, 0.2) is 0 Å². The molecule has 7 heteroatoms. The van der Waals surface area contributed by atoms with Crippen molar-refractivity contribution in [3.63, 3.8) is 0 Å². The number of carbonyl (C=O) groups is 1. The molecule has 24 heavy (non-hydrogen) atoms. The number of carbonyl (C=O) groups excluding carboxylic acids is 1. The van der Waals surface area contributed by atoms with Crippen LogP contribution in [0.2, 0.25) is 0 Å². The second-order valence-corrected chi connectivity index (χ2v) is 6.57. The van der Waals surface area contributed by atoms with E-state index in [1.165, 1.54) is 49.5 Å². The maximum atomic E-state index is 13.5. The number of nitrogens with zero attached hydrogens (tertiary/aromatic N) is 3. The average molecular weight is 346 g/mol. The lowest BCUT2D eigenvalue weighted by Crippen LogP contribution is -2.30. The lowest BCUT2D eigenvalue weighted by atomic mass is 10.1. The van der Waals surface area contributed by atoms with Gasteiger partial charge in [-0.1, -0.05) is 23.9 Å². The molecule has 1 aromatic heterocycles. The average Bonchev–Trinajstić information content (AvgIpc) is 2.63. The van der Waals surface area contributed by atoms with Gasteiger partial charge >= 0.3 is 0 Å². The minimum atomic E-state index is -0.440. The molecule has 1 aromatic carbocycles. The third kappa shape index (κ3) is 4.44. The van der Waals surface area contributed by atoms with Crippen LogP contribution in [0.3, 0.4) is 0 Å². The quantitative estimate of drug-likeness (QED) is 0.665. The number of hydrogen-bond acceptors (Lipinski definition) is 5. The molecule has 0 aliphatic carbocycles. The minimum absolute atomic E-state index is 0.171. The number of nitrogens with one attached hydrogen (secondary N) is 1. The second kappa shape index (κ2) is 8.10. The van der Waals surface area contributed by atoms with E-state index in [1.807, 2.05) is 6.07 Å². The van der Waals surface area contributed by atoms with Crippen LogP contribution in [0.4, 0.5) is 15.9 Å². The maximum Gasteiger partial charge on any atom is 0.234 e. The van der Waals surface area contributed by atoms with Crippen molar-refractivity contribution in [1.82, 2.24) is 9.97 Å². The number of amides is 1. The van der Waals surface area contributed by atoms with Gasteiger partial charge in [0.1, 0.15) is 23.0 Å². The van der Waals surface area contributed by atoms with Crippen molar-refractivity contribution in [2.24, 2.45) is 0 Å². The van der Waals surface area contributed by atoms with Gasteiger partial charge in [-0.2, -0.15) is 0 Å². The number of rotatable bonds is 5. The first-order chi connectivity index (χ1) is 11.7. The molecule has 1 aliphatic heterocycles. The van der Waals surface area contributed by atoms with Gasteiger partial charge < -0.3 is 10.2 Å². The van der Waals surface area contributed by atoms with E-state index in [1.54, 1.807) is 12.1 Å². The van der Waals surface area contributed by atoms with Crippen LogP contribution in [0, 0.1) is 5.82 Å². The summed E-state index contributed by atoms with van der Waals surface area (Å²) >= 11 is 1.32. The van der Waals surface area contributed by atoms with Gasteiger partial charge in [-0.3, -0.25) is 4.79 Å². The summed E-state index contributed by atoms with van der Waals surface area (Å²) in [6.45, 7) is 2.02. The molecular formula is C17H19FN4OS. The predicted molar refractivity (Wildman–Crippen MR) is 93.8 cm³/mol. The number of thioether (sulfide) groups is 1. The smallest absolute Gasteiger partial charge is 0.234 e. The molecule has 0 spiro atoms. The fourth-order valence-corrected chi connectivity index (χ4v) is 3.25. The van der Waals surface area contributed by atoms with E-state index in [0.29, 0.717) is 0 Å². The molecule has 0 bridgehead atoms. The van der Waals surface area contributed by atoms with Gasteiger partial charge in [0.05, 0.1) is 11.4 Å². The molecule has 0 atom stereocenters. The Hall–Kier alpha value is -2.15. The fourth-order valence-electron chi connectivity index (χ4n) is 2.59. The number of piperidine rings is 1. The highest BCUT2D eigenvalue weighted by Gasteiger charge is 2.13. The Balaban J connectivity index is 1.56. The molecule has 1 amide bonds. The van der Waals surface area contributed by atoms with Crippen molar-refractivity contribution in [2.45, 2.75) is 24.3 Å². The van der Waals surface area contributed by atoms with Crippen LogP contribution in [0.25, 0.3) is 0 Å². The van der Waals surface area contributed by atoms with Crippen LogP contribution in [-0.4, -0.2) is 34.7 Å². The molecule has 1 N–H and O–H groups in total. The Labute approximate surface area is 144 Å². The Morgan fingerprint density at radius 2 is 2.00 bits per heavy atom. The molecular weight excluding hydrogens is 327 g/mol. The lowest BCUT2D eigenvalue weighted by molar-refractivity contribution is -0.113. The number of anilines is 2. The van der Waals surface area contributed by atoms with E-state index in [4.69, 9.17) is 0 Å². The summed E-state index contributed by atoms with van der Waals surface area (Å²) in [5.74, 6) is 0.375. The van der Waals surface area contributed by atoms with Gasteiger partial charge in [-0.15, -0.1) is 0 Å². The molecule has 1 fully saturated rings. The van der Waals surface area contributed by atoms with Crippen molar-refractivity contribution in [3.8, 4) is 0 Å². The van der Waals surface area contributed by atoms with Crippen molar-refractivity contribution in [3.05, 3.63) is 42.5 Å². The summed E-state index contributed by atoms with van der Waals surface area (Å²) in [5, 5.41) is 3.31. The number of hydrogen-bond donors (Lipinski definition) is 1. The van der Waals surface area contributed by atoms with Crippen molar-refractivity contribution in [1.29, 1.82) is 0 Å². The molecule has 5 nitrogen and oxygen atoms in total. The second-order valence-electron chi connectivity index (χ2n) is 5.58. The van der Waals surface area contributed by atoms with Crippen LogP contribution in [-0.2, 0) is 4.79 Å². The number of benzene rings is 1. The molecule has 3 rings (SSSR count). The van der Waals surface area contributed by atoms with Crippen LogP contribution >= 0.6 is 11.8 Å². The Morgan fingerprint density at radius 3 is 2.79 bits per heavy atom. The molecule has 0 saturated carbocycles. The summed E-state index contributed by atoms with van der Waals surface area (Å²) in [5.41, 5.74) is 0.194. The molecule has 0 radical (unpaired) electrons. The minimum Gasteiger partial charge on any atom is -0.356 e. The largest absolute Gasteiger partial charge is 0.356 e. The monoisotopic (exact) mass is 346 g/mol. The first-order valence-corrected chi connectivity index (χ1v) is 8.95. The van der Waals surface area contributed by atoms with Crippen LogP contribution in [0.15, 0.2) is 41.7 Å². The summed E-state index contributed by atoms with van der Waals surface area (Å²) in [6.07, 6.45) is 5.15. The molecule has 126 valence electrons. The van der Waals surface area contributed by atoms with E-state index in [9.17, 15) is 9.18 Å². The van der Waals surface area contributed by atoms with Gasteiger partial charge in [-0.05, 0) is 31.4 Å². The lowest BCUT2D eigenvalue weighted by Gasteiger charge is -2.27. The molecule has 1 saturated heterocycles.